The van der Waals surface area contributed by atoms with E-state index in [1.807, 2.05) is 6.07 Å². The molecule has 82 valence electrons. The molecule has 0 atom stereocenters. The lowest BCUT2D eigenvalue weighted by Crippen LogP contribution is -2.14. The highest BCUT2D eigenvalue weighted by molar-refractivity contribution is 5.40. The Morgan fingerprint density at radius 1 is 1.20 bits per heavy atom. The quantitative estimate of drug-likeness (QED) is 0.511. The maximum absolute atomic E-state index is 9.28. The van der Waals surface area contributed by atoms with E-state index in [0.29, 0.717) is 0 Å². The van der Waals surface area contributed by atoms with Crippen LogP contribution >= 0.6 is 0 Å². The zero-order chi connectivity index (χ0) is 10.7. The molecule has 2 rings (SSSR count). The highest BCUT2D eigenvalue weighted by atomic mass is 16.3. The van der Waals surface area contributed by atoms with Crippen molar-refractivity contribution in [2.24, 2.45) is 5.92 Å². The molecule has 1 aromatic rings. The summed E-state index contributed by atoms with van der Waals surface area (Å²) in [5.74, 6) is 0.846. The van der Waals surface area contributed by atoms with E-state index < -0.39 is 0 Å². The number of aromatic hydroxyl groups is 2. The van der Waals surface area contributed by atoms with Gasteiger partial charge in [0.25, 0.3) is 0 Å². The van der Waals surface area contributed by atoms with E-state index >= 15 is 0 Å². The zero-order valence-electron chi connectivity index (χ0n) is 8.74. The molecule has 15 heavy (non-hydrogen) atoms. The minimum Gasteiger partial charge on any atom is -0.504 e. The highest BCUT2D eigenvalue weighted by Crippen LogP contribution is 2.31. The second kappa shape index (κ2) is 4.53. The van der Waals surface area contributed by atoms with E-state index in [1.165, 1.54) is 25.3 Å². The largest absolute Gasteiger partial charge is 0.504 e. The van der Waals surface area contributed by atoms with Crippen molar-refractivity contribution < 1.29 is 10.2 Å². The number of benzene rings is 1. The first-order chi connectivity index (χ1) is 7.25. The van der Waals surface area contributed by atoms with Gasteiger partial charge in [0.2, 0.25) is 0 Å². The molecule has 0 aromatic heterocycles. The maximum Gasteiger partial charge on any atom is 0.157 e. The molecule has 3 nitrogen and oxygen atoms in total. The zero-order valence-corrected chi connectivity index (χ0v) is 8.74. The van der Waals surface area contributed by atoms with Crippen molar-refractivity contribution >= 4 is 0 Å². The van der Waals surface area contributed by atoms with Crippen LogP contribution in [-0.4, -0.2) is 16.8 Å². The predicted octanol–water partition coefficient (Wildman–Crippen LogP) is 1.99. The third-order valence-corrected chi connectivity index (χ3v) is 2.80. The molecule has 3 N–H and O–H groups in total. The van der Waals surface area contributed by atoms with E-state index in [9.17, 15) is 5.11 Å². The van der Waals surface area contributed by atoms with Crippen LogP contribution in [0.3, 0.4) is 0 Å². The molecular weight excluding hydrogens is 190 g/mol. The molecule has 0 unspecified atom stereocenters. The van der Waals surface area contributed by atoms with Crippen LogP contribution < -0.4 is 5.32 Å². The summed E-state index contributed by atoms with van der Waals surface area (Å²) in [6.45, 7) is 1.78. The van der Waals surface area contributed by atoms with Gasteiger partial charge in [0, 0.05) is 6.54 Å². The monoisotopic (exact) mass is 207 g/mol. The lowest BCUT2D eigenvalue weighted by Gasteiger charge is -2.05. The Labute approximate surface area is 89.8 Å². The van der Waals surface area contributed by atoms with E-state index in [-0.39, 0.29) is 11.5 Å². The molecule has 0 radical (unpaired) electrons. The minimum absolute atomic E-state index is 0.0449. The van der Waals surface area contributed by atoms with Crippen LogP contribution in [0.25, 0.3) is 0 Å². The van der Waals surface area contributed by atoms with Crippen molar-refractivity contribution in [1.82, 2.24) is 5.32 Å². The van der Waals surface area contributed by atoms with Crippen LogP contribution in [0.1, 0.15) is 24.8 Å². The van der Waals surface area contributed by atoms with Crippen LogP contribution in [0.5, 0.6) is 11.5 Å². The van der Waals surface area contributed by atoms with Crippen LogP contribution in [0.2, 0.25) is 0 Å². The lowest BCUT2D eigenvalue weighted by atomic mass is 10.2. The Bertz CT molecular complexity index is 334. The van der Waals surface area contributed by atoms with Crippen molar-refractivity contribution in [3.05, 3.63) is 23.8 Å². The first-order valence-corrected chi connectivity index (χ1v) is 5.47. The summed E-state index contributed by atoms with van der Waals surface area (Å²) < 4.78 is 0. The third-order valence-electron chi connectivity index (χ3n) is 2.80. The molecule has 1 aliphatic rings. The van der Waals surface area contributed by atoms with E-state index in [0.717, 1.165) is 24.6 Å². The summed E-state index contributed by atoms with van der Waals surface area (Å²) in [6.07, 6.45) is 4.04. The normalized spacial score (nSPS) is 15.5. The van der Waals surface area contributed by atoms with Gasteiger partial charge in [0.05, 0.1) is 0 Å². The summed E-state index contributed by atoms with van der Waals surface area (Å²) in [4.78, 5) is 0. The fourth-order valence-corrected chi connectivity index (χ4v) is 1.62. The molecule has 0 bridgehead atoms. The van der Waals surface area contributed by atoms with Gasteiger partial charge in [0.15, 0.2) is 11.5 Å². The highest BCUT2D eigenvalue weighted by Gasteiger charge is 2.19. The van der Waals surface area contributed by atoms with Gasteiger partial charge in [-0.3, -0.25) is 0 Å². The summed E-state index contributed by atoms with van der Waals surface area (Å²) >= 11 is 0. The molecule has 0 heterocycles. The SMILES string of the molecule is Oc1ccc(CNCCC2CC2)cc1O. The smallest absolute Gasteiger partial charge is 0.157 e. The second-order valence-corrected chi connectivity index (χ2v) is 4.23. The van der Waals surface area contributed by atoms with E-state index in [2.05, 4.69) is 5.32 Å². The van der Waals surface area contributed by atoms with Gasteiger partial charge in [-0.15, -0.1) is 0 Å². The summed E-state index contributed by atoms with van der Waals surface area (Å²) in [5, 5.41) is 21.7. The van der Waals surface area contributed by atoms with Crippen LogP contribution in [0, 0.1) is 5.92 Å². The minimum atomic E-state index is -0.0586. The number of nitrogens with one attached hydrogen (secondary N) is 1. The molecule has 1 aliphatic carbocycles. The Morgan fingerprint density at radius 2 is 2.00 bits per heavy atom. The summed E-state index contributed by atoms with van der Waals surface area (Å²) in [5.41, 5.74) is 1.00. The van der Waals surface area contributed by atoms with Gasteiger partial charge in [-0.1, -0.05) is 18.9 Å². The number of hydrogen-bond acceptors (Lipinski definition) is 3. The van der Waals surface area contributed by atoms with Gasteiger partial charge in [-0.25, -0.2) is 0 Å². The fraction of sp³-hybridized carbons (Fsp3) is 0.500. The van der Waals surface area contributed by atoms with Crippen LogP contribution in [0.15, 0.2) is 18.2 Å². The van der Waals surface area contributed by atoms with Gasteiger partial charge in [-0.2, -0.15) is 0 Å². The lowest BCUT2D eigenvalue weighted by molar-refractivity contribution is 0.403. The third kappa shape index (κ3) is 3.13. The Morgan fingerprint density at radius 3 is 2.67 bits per heavy atom. The molecular formula is C12H17NO2. The van der Waals surface area contributed by atoms with Crippen molar-refractivity contribution in [3.63, 3.8) is 0 Å². The summed E-state index contributed by atoms with van der Waals surface area (Å²) in [7, 11) is 0. The molecule has 3 heteroatoms. The number of hydrogen-bond donors (Lipinski definition) is 3. The Hall–Kier alpha value is -1.22. The number of rotatable bonds is 5. The first-order valence-electron chi connectivity index (χ1n) is 5.47. The van der Waals surface area contributed by atoms with Crippen molar-refractivity contribution in [2.45, 2.75) is 25.8 Å². The topological polar surface area (TPSA) is 52.5 Å². The Kier molecular flexibility index (Phi) is 3.11. The van der Waals surface area contributed by atoms with Gasteiger partial charge in [0.1, 0.15) is 0 Å². The van der Waals surface area contributed by atoms with Crippen LogP contribution in [-0.2, 0) is 6.54 Å². The van der Waals surface area contributed by atoms with E-state index in [1.54, 1.807) is 6.07 Å². The Balaban J connectivity index is 1.74. The van der Waals surface area contributed by atoms with Gasteiger partial charge in [-0.05, 0) is 36.6 Å². The van der Waals surface area contributed by atoms with Crippen molar-refractivity contribution in [3.8, 4) is 11.5 Å². The number of phenols is 2. The molecule has 1 fully saturated rings. The molecule has 1 aromatic carbocycles. The second-order valence-electron chi connectivity index (χ2n) is 4.23. The van der Waals surface area contributed by atoms with Crippen LogP contribution in [0.4, 0.5) is 0 Å². The average molecular weight is 207 g/mol. The molecule has 0 saturated heterocycles. The summed E-state index contributed by atoms with van der Waals surface area (Å²) in [6, 6.07) is 4.94. The molecule has 0 amide bonds. The first kappa shape index (κ1) is 10.3. The number of phenolic OH excluding ortho intramolecular Hbond substituents is 2. The standard InChI is InChI=1S/C12H17NO2/c14-11-4-3-10(7-12(11)15)8-13-6-5-9-1-2-9/h3-4,7,9,13-15H,1-2,5-6,8H2. The molecule has 1 saturated carbocycles. The average Bonchev–Trinajstić information content (AvgIpc) is 3.02. The maximum atomic E-state index is 9.28. The van der Waals surface area contributed by atoms with E-state index in [4.69, 9.17) is 5.11 Å². The molecule has 0 aliphatic heterocycles. The van der Waals surface area contributed by atoms with Gasteiger partial charge < -0.3 is 15.5 Å². The van der Waals surface area contributed by atoms with Crippen molar-refractivity contribution in [1.29, 1.82) is 0 Å². The van der Waals surface area contributed by atoms with Crippen molar-refractivity contribution in [2.75, 3.05) is 6.54 Å². The fourth-order valence-electron chi connectivity index (χ4n) is 1.62. The van der Waals surface area contributed by atoms with Gasteiger partial charge >= 0.3 is 0 Å². The predicted molar refractivity (Wildman–Crippen MR) is 58.8 cm³/mol. The molecule has 0 spiro atoms.